The van der Waals surface area contributed by atoms with Gasteiger partial charge in [0.05, 0.1) is 46.9 Å². The van der Waals surface area contributed by atoms with E-state index in [1.165, 1.54) is 16.7 Å². The summed E-state index contributed by atoms with van der Waals surface area (Å²) in [6.45, 7) is 17.2. The van der Waals surface area contributed by atoms with Crippen LogP contribution in [0.5, 0.6) is 11.5 Å². The van der Waals surface area contributed by atoms with Crippen molar-refractivity contribution in [2.75, 3.05) is 0 Å². The zero-order valence-corrected chi connectivity index (χ0v) is 55.7. The molecule has 15 rings (SSSR count). The SMILES string of the molecule is [2H]c1c([2H])c([2H])c([Si](c2c([2H])c([2H])c([2H])c([2H])c2[2H])(c2c([2H])c([2H])c([2H])c([2H])c2[2H])c2c([2H])c([2H])c([2H])c(-c3cccc(-c4c([2H])c(C(C)(C)C)c([2H])c(C(C)(C)C)c4[2H])c3-[n+]3[c-]n(-c4[c-]c(Oc5[c-]c6c(cc5C#N)c5ccccc5n6-c5cc(C(C)(C)C)ccn5)ccc4)c4cc5oc6ccccc6c5cc43)c2[2H])c([2H])c1[2H].[Pt]. The Hall–Kier alpha value is -10.2. The molecule has 0 spiro atoms. The molecule has 0 aliphatic carbocycles. The van der Waals surface area contributed by atoms with Gasteiger partial charge in [-0.05, 0) is 129 Å². The number of rotatable bonds is 11. The molecule has 0 aliphatic heterocycles. The summed E-state index contributed by atoms with van der Waals surface area (Å²) < 4.78 is 233. The van der Waals surface area contributed by atoms with Gasteiger partial charge in [0.2, 0.25) is 0 Å². The van der Waals surface area contributed by atoms with E-state index < -0.39 is 160 Å². The van der Waals surface area contributed by atoms with Gasteiger partial charge in [0.15, 0.2) is 8.07 Å². The Morgan fingerprint density at radius 1 is 0.543 bits per heavy atom. The second-order valence-corrected chi connectivity index (χ2v) is 29.3. The number of aromatic nitrogens is 4. The number of para-hydroxylation sites is 3. The zero-order chi connectivity index (χ0) is 83.1. The van der Waals surface area contributed by atoms with Crippen LogP contribution in [0.2, 0.25) is 0 Å². The second-order valence-electron chi connectivity index (χ2n) is 25.8. The minimum Gasteiger partial charge on any atom is -0.508 e. The number of imidazole rings is 1. The van der Waals surface area contributed by atoms with E-state index in [-0.39, 0.29) is 106 Å². The monoisotopic (exact) mass is 1440 g/mol. The summed E-state index contributed by atoms with van der Waals surface area (Å²) in [5.74, 6) is 0.692. The summed E-state index contributed by atoms with van der Waals surface area (Å²) in [4.78, 5) is 4.83. The van der Waals surface area contributed by atoms with Gasteiger partial charge in [-0.1, -0.05) is 255 Å². The third-order valence-corrected chi connectivity index (χ3v) is 20.7. The number of benzene rings is 11. The number of ether oxygens (including phenoxy) is 1. The van der Waals surface area contributed by atoms with Crippen molar-refractivity contribution in [2.45, 2.75) is 78.6 Å². The predicted octanol–water partition coefficient (Wildman–Crippen LogP) is 18.0. The number of pyridine rings is 1. The standard InChI is InChI=1S/C85H69N5O2Si.Pt/c1-83(2,3)59-42-43-87-81(49-59)90-74-40-21-19-36-70(74)72-47-58(54-86)79(52-75(72)90)91-63-28-24-27-62(50-63)88-55-89(76-51-73-71-37-20-22-41-78(71)92-80(73)53-77(76)88)82-68(38-25-39-69(82)57-44-60(84(4,5)6)48-61(45-57)85(7,8)9)56-26-23-35-67(46-56)93(64-29-13-10-14-30-64,65-31-15-11-16-32-65)66-33-17-12-18-34-66;/h10-49,51,53H,1-9H3;/q-2;/i10D,11D,12D,13D,14D,15D,16D,17D,18D,23D,26D,29D,30D,31D,32D,33D,34D,35D,44D,45D,46D,48D;. The Kier molecular flexibility index (Phi) is 10.3. The maximum Gasteiger partial charge on any atom is 0.268 e. The van der Waals surface area contributed by atoms with Crippen LogP contribution in [0.15, 0.2) is 259 Å². The summed E-state index contributed by atoms with van der Waals surface area (Å²) in [5, 5.41) is 9.55. The van der Waals surface area contributed by atoms with E-state index in [0.29, 0.717) is 44.2 Å². The van der Waals surface area contributed by atoms with E-state index in [4.69, 9.17) is 18.3 Å². The average Bonchev–Trinajstić information content (AvgIpc) is 0.891. The number of fused-ring (bicyclic) bond motifs is 7. The number of hydrogen-bond donors (Lipinski definition) is 0. The number of nitrogens with zero attached hydrogens (tertiary/aromatic N) is 5. The van der Waals surface area contributed by atoms with Gasteiger partial charge in [-0.3, -0.25) is 4.57 Å². The van der Waals surface area contributed by atoms with Gasteiger partial charge in [0.1, 0.15) is 17.0 Å². The van der Waals surface area contributed by atoms with Crippen LogP contribution in [0, 0.1) is 29.8 Å². The van der Waals surface area contributed by atoms with Gasteiger partial charge >= 0.3 is 0 Å². The van der Waals surface area contributed by atoms with Crippen molar-refractivity contribution < 1.29 is 64.9 Å². The summed E-state index contributed by atoms with van der Waals surface area (Å²) in [5.41, 5.74) is 1.05. The zero-order valence-electron chi connectivity index (χ0n) is 74.4. The Morgan fingerprint density at radius 2 is 1.15 bits per heavy atom. The molecule has 4 heterocycles. The van der Waals surface area contributed by atoms with Gasteiger partial charge in [-0.25, -0.2) is 10.2 Å². The molecule has 0 amide bonds. The van der Waals surface area contributed by atoms with Gasteiger partial charge < -0.3 is 18.3 Å². The predicted molar refractivity (Wildman–Crippen MR) is 383 cm³/mol. The van der Waals surface area contributed by atoms with E-state index in [1.54, 1.807) is 65.4 Å². The van der Waals surface area contributed by atoms with E-state index in [0.717, 1.165) is 16.5 Å². The molecule has 9 heteroatoms. The Bertz CT molecular complexity index is 6550. The van der Waals surface area contributed by atoms with Crippen molar-refractivity contribution in [3.8, 4) is 57.0 Å². The van der Waals surface area contributed by atoms with Crippen molar-refractivity contribution in [1.82, 2.24) is 14.1 Å². The van der Waals surface area contributed by atoms with Crippen LogP contribution in [-0.4, -0.2) is 22.2 Å². The fraction of sp³-hybridized carbons (Fsp3) is 0.141. The molecule has 0 saturated carbocycles. The smallest absolute Gasteiger partial charge is 0.268 e. The van der Waals surface area contributed by atoms with E-state index in [9.17, 15) is 31.3 Å². The van der Waals surface area contributed by atoms with Gasteiger partial charge in [0.25, 0.3) is 6.33 Å². The molecule has 0 atom stereocenters. The first-order valence-corrected chi connectivity index (χ1v) is 32.1. The number of hydrogen-bond acceptors (Lipinski definition) is 4. The molecule has 7 nitrogen and oxygen atoms in total. The third-order valence-electron chi connectivity index (χ3n) is 16.7. The molecule has 0 N–H and O–H groups in total. The van der Waals surface area contributed by atoms with Gasteiger partial charge in [0, 0.05) is 61.1 Å². The van der Waals surface area contributed by atoms with Crippen LogP contribution in [0.1, 0.15) is 115 Å². The molecule has 462 valence electrons. The molecule has 0 radical (unpaired) electrons. The van der Waals surface area contributed by atoms with Crippen LogP contribution in [0.25, 0.3) is 94.2 Å². The van der Waals surface area contributed by atoms with Crippen molar-refractivity contribution in [1.29, 1.82) is 5.26 Å². The van der Waals surface area contributed by atoms with Crippen molar-refractivity contribution in [3.63, 3.8) is 0 Å². The molecular formula is C85H69N5O2PtSi-2. The molecule has 4 aromatic heterocycles. The van der Waals surface area contributed by atoms with Gasteiger partial charge in [-0.15, -0.1) is 29.7 Å². The van der Waals surface area contributed by atoms with Crippen molar-refractivity contribution in [3.05, 3.63) is 295 Å². The Morgan fingerprint density at radius 3 is 1.80 bits per heavy atom. The molecular weight excluding hydrogens is 1350 g/mol. The molecule has 0 bridgehead atoms. The number of furan rings is 1. The average molecular weight is 1440 g/mol. The summed E-state index contributed by atoms with van der Waals surface area (Å²) in [6, 6.07) is 20.8. The van der Waals surface area contributed by atoms with Crippen LogP contribution >= 0.6 is 0 Å². The van der Waals surface area contributed by atoms with Gasteiger partial charge in [-0.2, -0.15) is 12.1 Å². The quantitative estimate of drug-likeness (QED) is 0.0560. The summed E-state index contributed by atoms with van der Waals surface area (Å²) in [6.07, 6.45) is 5.27. The molecule has 11 aromatic carbocycles. The van der Waals surface area contributed by atoms with Crippen LogP contribution in [0.3, 0.4) is 0 Å². The first kappa shape index (κ1) is 40.7. The largest absolute Gasteiger partial charge is 0.508 e. The first-order chi connectivity index (χ1) is 54.1. The molecule has 0 fully saturated rings. The second kappa shape index (κ2) is 23.7. The summed E-state index contributed by atoms with van der Waals surface area (Å²) >= 11 is 0. The first-order valence-electron chi connectivity index (χ1n) is 41.1. The van der Waals surface area contributed by atoms with Crippen LogP contribution in [-0.2, 0) is 37.3 Å². The van der Waals surface area contributed by atoms with Crippen molar-refractivity contribution in [2.24, 2.45) is 0 Å². The third kappa shape index (κ3) is 10.7. The Labute approximate surface area is 596 Å². The van der Waals surface area contributed by atoms with Crippen LogP contribution < -0.4 is 30.1 Å². The Balaban J connectivity index is 0.0000111. The fourth-order valence-electron chi connectivity index (χ4n) is 12.0. The molecule has 94 heavy (non-hydrogen) atoms. The minimum absolute atomic E-state index is 0. The normalized spacial score (nSPS) is 15.5. The van der Waals surface area contributed by atoms with Crippen molar-refractivity contribution >= 4 is 83.6 Å². The molecule has 15 aromatic rings. The summed E-state index contributed by atoms with van der Waals surface area (Å²) in [7, 11) is -6.43. The molecule has 0 saturated heterocycles. The minimum atomic E-state index is -6.43. The maximum atomic E-state index is 11.2. The fourth-order valence-corrected chi connectivity index (χ4v) is 15.6. The molecule has 0 aliphatic rings. The number of nitriles is 1. The topological polar surface area (TPSA) is 72.8 Å². The van der Waals surface area contributed by atoms with Crippen LogP contribution in [0.4, 0.5) is 0 Å². The van der Waals surface area contributed by atoms with E-state index >= 15 is 0 Å². The van der Waals surface area contributed by atoms with E-state index in [2.05, 4.69) is 45.3 Å². The molecule has 0 unspecified atom stereocenters. The van der Waals surface area contributed by atoms with E-state index in [1.807, 2.05) is 94.6 Å². The maximum absolute atomic E-state index is 11.2.